The van der Waals surface area contributed by atoms with Crippen molar-refractivity contribution in [3.8, 4) is 0 Å². The van der Waals surface area contributed by atoms with E-state index in [9.17, 15) is 4.55 Å². The lowest BCUT2D eigenvalue weighted by molar-refractivity contribution is 0.366. The van der Waals surface area contributed by atoms with Crippen LogP contribution < -0.4 is 10.5 Å². The van der Waals surface area contributed by atoms with E-state index in [-0.39, 0.29) is 0 Å². The first-order valence-corrected chi connectivity index (χ1v) is 5.81. The maximum atomic E-state index is 11.4. The molecule has 0 heterocycles. The average Bonchev–Trinajstić information content (AvgIpc) is 2.08. The second-order valence-corrected chi connectivity index (χ2v) is 5.26. The van der Waals surface area contributed by atoms with Crippen molar-refractivity contribution in [1.82, 2.24) is 9.03 Å². The Hall–Kier alpha value is 0.190. The predicted molar refractivity (Wildman–Crippen MR) is 55.2 cm³/mol. The Labute approximate surface area is 83.3 Å². The molecule has 0 aliphatic heterocycles. The zero-order valence-corrected chi connectivity index (χ0v) is 9.14. The molecule has 0 aromatic rings. The van der Waals surface area contributed by atoms with Gasteiger partial charge in [-0.25, -0.2) is 0 Å². The number of hydrogen-bond donors (Lipinski definition) is 2. The highest BCUT2D eigenvalue weighted by Gasteiger charge is 2.23. The van der Waals surface area contributed by atoms with Gasteiger partial charge < -0.3 is 10.3 Å². The van der Waals surface area contributed by atoms with Gasteiger partial charge in [-0.15, -0.1) is 9.03 Å². The summed E-state index contributed by atoms with van der Waals surface area (Å²) < 4.78 is 16.1. The summed E-state index contributed by atoms with van der Waals surface area (Å²) in [6.45, 7) is 0. The van der Waals surface area contributed by atoms with E-state index < -0.39 is 11.5 Å². The fourth-order valence-electron chi connectivity index (χ4n) is 1.49. The lowest BCUT2D eigenvalue weighted by Crippen LogP contribution is -2.45. The number of rotatable bonds is 3. The summed E-state index contributed by atoms with van der Waals surface area (Å²) in [7, 11) is 3.61. The van der Waals surface area contributed by atoms with Crippen molar-refractivity contribution in [2.75, 3.05) is 14.1 Å². The quantitative estimate of drug-likeness (QED) is 0.636. The lowest BCUT2D eigenvalue weighted by Gasteiger charge is -2.27. The molecule has 1 atom stereocenters. The third kappa shape index (κ3) is 3.83. The van der Waals surface area contributed by atoms with Crippen molar-refractivity contribution in [3.05, 3.63) is 0 Å². The van der Waals surface area contributed by atoms with Crippen LogP contribution in [0, 0.1) is 0 Å². The first kappa shape index (κ1) is 11.3. The van der Waals surface area contributed by atoms with Gasteiger partial charge in [-0.2, -0.15) is 0 Å². The maximum absolute atomic E-state index is 11.4. The van der Waals surface area contributed by atoms with Gasteiger partial charge in [-0.05, 0) is 25.7 Å². The van der Waals surface area contributed by atoms with Crippen LogP contribution in [0.25, 0.3) is 0 Å². The first-order chi connectivity index (χ1) is 6.09. The van der Waals surface area contributed by atoms with Crippen molar-refractivity contribution in [3.63, 3.8) is 0 Å². The number of nitrogens with zero attached hydrogens (tertiary/aromatic N) is 1. The maximum Gasteiger partial charge on any atom is 0.137 e. The normalized spacial score (nSPS) is 32.1. The van der Waals surface area contributed by atoms with Crippen LogP contribution in [-0.4, -0.2) is 35.0 Å². The fraction of sp³-hybridized carbons (Fsp3) is 1.00. The molecule has 1 aliphatic rings. The fourth-order valence-corrected chi connectivity index (χ4v) is 2.22. The average molecular weight is 205 g/mol. The third-order valence-electron chi connectivity index (χ3n) is 2.37. The summed E-state index contributed by atoms with van der Waals surface area (Å²) in [5, 5.41) is 0. The molecule has 0 radical (unpaired) electrons. The molecule has 3 N–H and O–H groups in total. The highest BCUT2D eigenvalue weighted by molar-refractivity contribution is 7.87. The number of nitrogens with one attached hydrogen (secondary N) is 1. The Bertz CT molecular complexity index is 148. The molecule has 0 amide bonds. The Morgan fingerprint density at radius 3 is 2.31 bits per heavy atom. The molecular formula is C8H19N3OS. The number of nitrogens with two attached hydrogens (primary N) is 1. The minimum Gasteiger partial charge on any atom is -0.579 e. The van der Waals surface area contributed by atoms with Crippen LogP contribution in [0.15, 0.2) is 0 Å². The Balaban J connectivity index is 2.22. The lowest BCUT2D eigenvalue weighted by atomic mass is 9.93. The summed E-state index contributed by atoms with van der Waals surface area (Å²) in [5.74, 6) is 0. The monoisotopic (exact) mass is 205 g/mol. The van der Waals surface area contributed by atoms with Crippen LogP contribution in [0.2, 0.25) is 0 Å². The van der Waals surface area contributed by atoms with Gasteiger partial charge in [-0.3, -0.25) is 0 Å². The van der Waals surface area contributed by atoms with Gasteiger partial charge in [0, 0.05) is 20.1 Å². The standard InChI is InChI=1S/C8H19N3OS/c1-11(2)13(12)10-8-5-3-7(9)4-6-8/h7-8,10H,3-6,9H2,1-2H3/t7-,8-,13?. The van der Waals surface area contributed by atoms with Crippen molar-refractivity contribution < 1.29 is 4.55 Å². The van der Waals surface area contributed by atoms with Crippen LogP contribution in [0.1, 0.15) is 25.7 Å². The van der Waals surface area contributed by atoms with Crippen molar-refractivity contribution in [2.45, 2.75) is 37.8 Å². The van der Waals surface area contributed by atoms with Crippen molar-refractivity contribution in [1.29, 1.82) is 0 Å². The molecular weight excluding hydrogens is 186 g/mol. The molecule has 0 spiro atoms. The Kier molecular flexibility index (Phi) is 4.48. The number of hydrogen-bond acceptors (Lipinski definition) is 4. The van der Waals surface area contributed by atoms with Crippen LogP contribution in [0.3, 0.4) is 0 Å². The van der Waals surface area contributed by atoms with Gasteiger partial charge in [0.2, 0.25) is 0 Å². The molecule has 1 fully saturated rings. The summed E-state index contributed by atoms with van der Waals surface area (Å²) in [5.41, 5.74) is 5.77. The van der Waals surface area contributed by atoms with E-state index in [0.717, 1.165) is 25.7 Å². The predicted octanol–water partition coefficient (Wildman–Crippen LogP) is -0.0138. The van der Waals surface area contributed by atoms with E-state index in [1.54, 1.807) is 18.4 Å². The summed E-state index contributed by atoms with van der Waals surface area (Å²) in [4.78, 5) is 0. The van der Waals surface area contributed by atoms with Gasteiger partial charge in [0.15, 0.2) is 0 Å². The van der Waals surface area contributed by atoms with E-state index in [4.69, 9.17) is 5.73 Å². The second-order valence-electron chi connectivity index (χ2n) is 3.79. The first-order valence-electron chi connectivity index (χ1n) is 4.70. The zero-order chi connectivity index (χ0) is 9.84. The van der Waals surface area contributed by atoms with Gasteiger partial charge in [-0.1, -0.05) is 0 Å². The second kappa shape index (κ2) is 5.17. The molecule has 1 unspecified atom stereocenters. The van der Waals surface area contributed by atoms with Gasteiger partial charge >= 0.3 is 0 Å². The van der Waals surface area contributed by atoms with Gasteiger partial charge in [0.05, 0.1) is 6.04 Å². The van der Waals surface area contributed by atoms with E-state index in [0.29, 0.717) is 12.1 Å². The van der Waals surface area contributed by atoms with Gasteiger partial charge in [0.25, 0.3) is 0 Å². The smallest absolute Gasteiger partial charge is 0.137 e. The molecule has 0 aromatic carbocycles. The van der Waals surface area contributed by atoms with Crippen molar-refractivity contribution >= 4 is 11.5 Å². The van der Waals surface area contributed by atoms with Crippen LogP contribution in [0.5, 0.6) is 0 Å². The molecule has 0 bridgehead atoms. The minimum absolute atomic E-state index is 0.353. The highest BCUT2D eigenvalue weighted by Crippen LogP contribution is 2.17. The molecule has 4 nitrogen and oxygen atoms in total. The highest BCUT2D eigenvalue weighted by atomic mass is 32.2. The van der Waals surface area contributed by atoms with E-state index in [1.165, 1.54) is 0 Å². The van der Waals surface area contributed by atoms with Crippen LogP contribution >= 0.6 is 0 Å². The largest absolute Gasteiger partial charge is 0.579 e. The molecule has 5 heteroatoms. The third-order valence-corrected chi connectivity index (χ3v) is 3.57. The van der Waals surface area contributed by atoms with Crippen LogP contribution in [0.4, 0.5) is 0 Å². The Morgan fingerprint density at radius 2 is 1.85 bits per heavy atom. The molecule has 1 saturated carbocycles. The molecule has 0 aromatic heterocycles. The Morgan fingerprint density at radius 1 is 1.31 bits per heavy atom. The van der Waals surface area contributed by atoms with Gasteiger partial charge in [0.1, 0.15) is 11.5 Å². The summed E-state index contributed by atoms with van der Waals surface area (Å²) >= 11 is -1.04. The molecule has 78 valence electrons. The molecule has 0 saturated heterocycles. The van der Waals surface area contributed by atoms with E-state index in [2.05, 4.69) is 4.72 Å². The topological polar surface area (TPSA) is 64.3 Å². The SMILES string of the molecule is CN(C)[S+]([O-])N[C@H]1CC[C@H](N)CC1. The van der Waals surface area contributed by atoms with Crippen molar-refractivity contribution in [2.24, 2.45) is 5.73 Å². The zero-order valence-electron chi connectivity index (χ0n) is 8.32. The molecule has 13 heavy (non-hydrogen) atoms. The van der Waals surface area contributed by atoms with Crippen LogP contribution in [-0.2, 0) is 11.5 Å². The van der Waals surface area contributed by atoms with E-state index in [1.807, 2.05) is 0 Å². The molecule has 1 aliphatic carbocycles. The minimum atomic E-state index is -1.04. The summed E-state index contributed by atoms with van der Waals surface area (Å²) in [6, 6.07) is 0.730. The molecule has 1 rings (SSSR count). The van der Waals surface area contributed by atoms with E-state index >= 15 is 0 Å². The summed E-state index contributed by atoms with van der Waals surface area (Å²) in [6.07, 6.45) is 4.17.